The van der Waals surface area contributed by atoms with Crippen molar-refractivity contribution < 1.29 is 9.53 Å². The first-order chi connectivity index (χ1) is 7.67. The van der Waals surface area contributed by atoms with Gasteiger partial charge in [0.2, 0.25) is 5.91 Å². The lowest BCUT2D eigenvalue weighted by Crippen LogP contribution is -2.44. The molecule has 0 aromatic rings. The Hall–Kier alpha value is -0.610. The molecule has 92 valence electrons. The Bertz CT molecular complexity index is 258. The van der Waals surface area contributed by atoms with E-state index in [0.717, 1.165) is 32.3 Å². The molecule has 2 aliphatic carbocycles. The number of ether oxygens (including phenoxy) is 1. The Morgan fingerprint density at radius 2 is 2.19 bits per heavy atom. The number of rotatable bonds is 6. The molecule has 0 aliphatic heterocycles. The minimum Gasteiger partial charge on any atom is -0.378 e. The van der Waals surface area contributed by atoms with Crippen LogP contribution in [-0.4, -0.2) is 30.7 Å². The Kier molecular flexibility index (Phi) is 3.50. The van der Waals surface area contributed by atoms with Gasteiger partial charge < -0.3 is 15.8 Å². The van der Waals surface area contributed by atoms with E-state index in [4.69, 9.17) is 10.5 Å². The van der Waals surface area contributed by atoms with Crippen molar-refractivity contribution >= 4 is 5.91 Å². The van der Waals surface area contributed by atoms with Gasteiger partial charge in [-0.25, -0.2) is 0 Å². The minimum atomic E-state index is -0.0415. The van der Waals surface area contributed by atoms with Crippen molar-refractivity contribution in [3.8, 4) is 0 Å². The van der Waals surface area contributed by atoms with Crippen molar-refractivity contribution in [3.05, 3.63) is 0 Å². The molecule has 0 aromatic heterocycles. The molecule has 4 nitrogen and oxygen atoms in total. The van der Waals surface area contributed by atoms with E-state index in [1.165, 1.54) is 0 Å². The van der Waals surface area contributed by atoms with Crippen LogP contribution >= 0.6 is 0 Å². The van der Waals surface area contributed by atoms with Gasteiger partial charge >= 0.3 is 0 Å². The molecule has 0 saturated heterocycles. The second-order valence-corrected chi connectivity index (χ2v) is 5.15. The van der Waals surface area contributed by atoms with Gasteiger partial charge in [0.05, 0.1) is 11.6 Å². The quantitative estimate of drug-likeness (QED) is 0.704. The zero-order valence-corrected chi connectivity index (χ0v) is 10.00. The van der Waals surface area contributed by atoms with Crippen LogP contribution in [0.4, 0.5) is 0 Å². The molecule has 2 saturated carbocycles. The molecule has 0 aromatic carbocycles. The van der Waals surface area contributed by atoms with E-state index in [0.29, 0.717) is 25.0 Å². The van der Waals surface area contributed by atoms with Gasteiger partial charge in [-0.1, -0.05) is 0 Å². The fourth-order valence-electron chi connectivity index (χ4n) is 2.35. The second kappa shape index (κ2) is 4.72. The molecule has 16 heavy (non-hydrogen) atoms. The van der Waals surface area contributed by atoms with E-state index in [1.807, 2.05) is 6.92 Å². The second-order valence-electron chi connectivity index (χ2n) is 5.15. The van der Waals surface area contributed by atoms with Crippen LogP contribution in [0.25, 0.3) is 0 Å². The van der Waals surface area contributed by atoms with E-state index in [-0.39, 0.29) is 11.4 Å². The van der Waals surface area contributed by atoms with Crippen molar-refractivity contribution in [2.75, 3.05) is 13.2 Å². The van der Waals surface area contributed by atoms with Gasteiger partial charge in [0.1, 0.15) is 0 Å². The van der Waals surface area contributed by atoms with E-state index in [1.54, 1.807) is 0 Å². The van der Waals surface area contributed by atoms with Crippen molar-refractivity contribution in [1.29, 1.82) is 0 Å². The van der Waals surface area contributed by atoms with Gasteiger partial charge in [-0.3, -0.25) is 4.79 Å². The molecule has 2 aliphatic rings. The summed E-state index contributed by atoms with van der Waals surface area (Å²) in [5.74, 6) is 0.688. The maximum Gasteiger partial charge on any atom is 0.220 e. The van der Waals surface area contributed by atoms with E-state index < -0.39 is 0 Å². The summed E-state index contributed by atoms with van der Waals surface area (Å²) in [7, 11) is 0. The molecular weight excluding hydrogens is 204 g/mol. The molecule has 0 spiro atoms. The highest BCUT2D eigenvalue weighted by atomic mass is 16.5. The van der Waals surface area contributed by atoms with Gasteiger partial charge in [-0.2, -0.15) is 0 Å². The van der Waals surface area contributed by atoms with Crippen LogP contribution in [0.3, 0.4) is 0 Å². The Morgan fingerprint density at radius 3 is 2.69 bits per heavy atom. The molecule has 3 N–H and O–H groups in total. The smallest absolute Gasteiger partial charge is 0.220 e. The summed E-state index contributed by atoms with van der Waals surface area (Å²) >= 11 is 0. The number of carbonyl (C=O) groups excluding carboxylic acids is 1. The van der Waals surface area contributed by atoms with E-state index in [9.17, 15) is 4.79 Å². The lowest BCUT2D eigenvalue weighted by Gasteiger charge is -2.34. The number of nitrogens with two attached hydrogens (primary N) is 1. The van der Waals surface area contributed by atoms with Crippen LogP contribution in [0.5, 0.6) is 0 Å². The summed E-state index contributed by atoms with van der Waals surface area (Å²) in [5.41, 5.74) is 5.58. The van der Waals surface area contributed by atoms with Gasteiger partial charge in [0.25, 0.3) is 0 Å². The van der Waals surface area contributed by atoms with Crippen LogP contribution in [-0.2, 0) is 9.53 Å². The lowest BCUT2D eigenvalue weighted by atomic mass is 9.80. The highest BCUT2D eigenvalue weighted by Gasteiger charge is 2.43. The van der Waals surface area contributed by atoms with Crippen LogP contribution in [0.15, 0.2) is 0 Å². The van der Waals surface area contributed by atoms with Crippen LogP contribution < -0.4 is 11.1 Å². The molecule has 0 unspecified atom stereocenters. The Balaban J connectivity index is 1.62. The molecule has 2 fully saturated rings. The standard InChI is InChI=1S/C12H22N2O2/c1-2-16-10-5-9(6-10)7-11(15)14-12(8-13)3-4-12/h9-10H,2-8,13H2,1H3,(H,14,15). The molecule has 4 heteroatoms. The molecule has 2 rings (SSSR count). The fraction of sp³-hybridized carbons (Fsp3) is 0.917. The highest BCUT2D eigenvalue weighted by molar-refractivity contribution is 5.77. The lowest BCUT2D eigenvalue weighted by molar-refractivity contribution is -0.125. The largest absolute Gasteiger partial charge is 0.378 e. The number of nitrogens with one attached hydrogen (secondary N) is 1. The zero-order valence-electron chi connectivity index (χ0n) is 10.00. The molecule has 0 radical (unpaired) electrons. The number of hydrogen-bond acceptors (Lipinski definition) is 3. The molecule has 0 atom stereocenters. The predicted molar refractivity (Wildman–Crippen MR) is 61.9 cm³/mol. The number of amides is 1. The van der Waals surface area contributed by atoms with Gasteiger partial charge in [0, 0.05) is 19.6 Å². The van der Waals surface area contributed by atoms with E-state index >= 15 is 0 Å². The van der Waals surface area contributed by atoms with Gasteiger partial charge in [-0.05, 0) is 38.5 Å². The average molecular weight is 226 g/mol. The zero-order chi connectivity index (χ0) is 11.6. The molecule has 0 heterocycles. The highest BCUT2D eigenvalue weighted by Crippen LogP contribution is 2.36. The maximum atomic E-state index is 11.7. The topological polar surface area (TPSA) is 64.3 Å². The maximum absolute atomic E-state index is 11.7. The Labute approximate surface area is 96.9 Å². The van der Waals surface area contributed by atoms with Crippen LogP contribution in [0, 0.1) is 5.92 Å². The van der Waals surface area contributed by atoms with Crippen molar-refractivity contribution in [2.45, 2.75) is 50.7 Å². The summed E-state index contributed by atoms with van der Waals surface area (Å²) in [5, 5.41) is 3.06. The first-order valence-corrected chi connectivity index (χ1v) is 6.30. The summed E-state index contributed by atoms with van der Waals surface area (Å²) in [6.45, 7) is 3.36. The fourth-order valence-corrected chi connectivity index (χ4v) is 2.35. The molecular formula is C12H22N2O2. The summed E-state index contributed by atoms with van der Waals surface area (Å²) in [4.78, 5) is 11.7. The normalized spacial score (nSPS) is 30.6. The SMILES string of the molecule is CCOC1CC(CC(=O)NC2(CN)CC2)C1. The minimum absolute atomic E-state index is 0.0415. The average Bonchev–Trinajstić information content (AvgIpc) is 2.95. The molecule has 0 bridgehead atoms. The summed E-state index contributed by atoms with van der Waals surface area (Å²) in [6, 6.07) is 0. The van der Waals surface area contributed by atoms with Crippen LogP contribution in [0.2, 0.25) is 0 Å². The van der Waals surface area contributed by atoms with Crippen LogP contribution in [0.1, 0.15) is 39.0 Å². The summed E-state index contributed by atoms with van der Waals surface area (Å²) < 4.78 is 5.47. The third-order valence-electron chi connectivity index (χ3n) is 3.72. The van der Waals surface area contributed by atoms with Gasteiger partial charge in [0.15, 0.2) is 0 Å². The monoisotopic (exact) mass is 226 g/mol. The summed E-state index contributed by atoms with van der Waals surface area (Å²) in [6.07, 6.45) is 5.20. The van der Waals surface area contributed by atoms with Crippen molar-refractivity contribution in [1.82, 2.24) is 5.32 Å². The van der Waals surface area contributed by atoms with E-state index in [2.05, 4.69) is 5.32 Å². The number of hydrogen-bond donors (Lipinski definition) is 2. The first-order valence-electron chi connectivity index (χ1n) is 6.30. The predicted octanol–water partition coefficient (Wildman–Crippen LogP) is 0.799. The Morgan fingerprint density at radius 1 is 1.50 bits per heavy atom. The van der Waals surface area contributed by atoms with Gasteiger partial charge in [-0.15, -0.1) is 0 Å². The molecule has 1 amide bonds. The van der Waals surface area contributed by atoms with Crippen molar-refractivity contribution in [2.24, 2.45) is 11.7 Å². The first kappa shape index (κ1) is 11.9. The third kappa shape index (κ3) is 2.74. The third-order valence-corrected chi connectivity index (χ3v) is 3.72. The number of carbonyl (C=O) groups is 1. The van der Waals surface area contributed by atoms with Crippen molar-refractivity contribution in [3.63, 3.8) is 0 Å².